The van der Waals surface area contributed by atoms with E-state index in [0.29, 0.717) is 0 Å². The minimum Gasteiger partial charge on any atom is -0.349 e. The molecule has 1 fully saturated rings. The van der Waals surface area contributed by atoms with Crippen molar-refractivity contribution in [2.75, 3.05) is 0 Å². The molecule has 2 nitrogen and oxygen atoms in total. The van der Waals surface area contributed by atoms with Gasteiger partial charge in [-0.05, 0) is 37.0 Å². The predicted octanol–water partition coefficient (Wildman–Crippen LogP) is 2.55. The fourth-order valence-electron chi connectivity index (χ4n) is 1.85. The van der Waals surface area contributed by atoms with Crippen LogP contribution in [-0.4, -0.2) is 5.91 Å². The van der Waals surface area contributed by atoms with Crippen LogP contribution in [0.5, 0.6) is 0 Å². The number of halogens is 2. The Morgan fingerprint density at radius 1 is 1.44 bits per heavy atom. The zero-order valence-corrected chi connectivity index (χ0v) is 8.97. The van der Waals surface area contributed by atoms with Crippen LogP contribution in [0.4, 0.5) is 8.78 Å². The average molecular weight is 225 g/mol. The van der Waals surface area contributed by atoms with Gasteiger partial charge in [0.15, 0.2) is 0 Å². The first-order valence-corrected chi connectivity index (χ1v) is 5.30. The summed E-state index contributed by atoms with van der Waals surface area (Å²) < 4.78 is 26.6. The van der Waals surface area contributed by atoms with E-state index in [1.807, 2.05) is 0 Å². The molecular formula is C12H13F2NO. The van der Waals surface area contributed by atoms with Gasteiger partial charge in [0.05, 0.1) is 6.04 Å². The second-order valence-corrected chi connectivity index (χ2v) is 4.18. The summed E-state index contributed by atoms with van der Waals surface area (Å²) in [5.41, 5.74) is 0.248. The first-order valence-electron chi connectivity index (χ1n) is 5.30. The average Bonchev–Trinajstić information content (AvgIpc) is 3.02. The summed E-state index contributed by atoms with van der Waals surface area (Å²) in [6.07, 6.45) is 1.89. The SMILES string of the molecule is CC(=O)NC(c1cc(F)ccc1F)C1CC1. The van der Waals surface area contributed by atoms with Gasteiger partial charge in [-0.15, -0.1) is 0 Å². The monoisotopic (exact) mass is 225 g/mol. The van der Waals surface area contributed by atoms with E-state index in [2.05, 4.69) is 5.32 Å². The van der Waals surface area contributed by atoms with E-state index in [1.165, 1.54) is 6.92 Å². The number of benzene rings is 1. The second-order valence-electron chi connectivity index (χ2n) is 4.18. The van der Waals surface area contributed by atoms with Crippen molar-refractivity contribution < 1.29 is 13.6 Å². The maximum absolute atomic E-state index is 13.5. The molecule has 2 rings (SSSR count). The van der Waals surface area contributed by atoms with Crippen LogP contribution in [0, 0.1) is 17.6 Å². The normalized spacial score (nSPS) is 16.9. The molecule has 0 spiro atoms. The minimum atomic E-state index is -0.479. The zero-order chi connectivity index (χ0) is 11.7. The van der Waals surface area contributed by atoms with E-state index < -0.39 is 17.7 Å². The molecule has 4 heteroatoms. The molecule has 1 atom stereocenters. The summed E-state index contributed by atoms with van der Waals surface area (Å²) in [5, 5.41) is 2.68. The molecule has 1 unspecified atom stereocenters. The lowest BCUT2D eigenvalue weighted by Gasteiger charge is -2.18. The minimum absolute atomic E-state index is 0.222. The Balaban J connectivity index is 2.30. The van der Waals surface area contributed by atoms with E-state index in [1.54, 1.807) is 0 Å². The molecule has 0 aliphatic heterocycles. The molecule has 0 saturated heterocycles. The molecule has 1 saturated carbocycles. The molecule has 16 heavy (non-hydrogen) atoms. The van der Waals surface area contributed by atoms with Crippen LogP contribution in [-0.2, 0) is 4.79 Å². The third kappa shape index (κ3) is 2.38. The number of carbonyl (C=O) groups excluding carboxylic acids is 1. The molecule has 1 N–H and O–H groups in total. The molecular weight excluding hydrogens is 212 g/mol. The quantitative estimate of drug-likeness (QED) is 0.841. The third-order valence-corrected chi connectivity index (χ3v) is 2.75. The van der Waals surface area contributed by atoms with Crippen molar-refractivity contribution in [1.29, 1.82) is 0 Å². The maximum atomic E-state index is 13.5. The Hall–Kier alpha value is -1.45. The molecule has 0 heterocycles. The number of rotatable bonds is 3. The molecule has 86 valence electrons. The topological polar surface area (TPSA) is 29.1 Å². The number of hydrogen-bond donors (Lipinski definition) is 1. The van der Waals surface area contributed by atoms with Gasteiger partial charge < -0.3 is 5.32 Å². The molecule has 1 aromatic rings. The molecule has 1 aliphatic carbocycles. The molecule has 0 aromatic heterocycles. The number of hydrogen-bond acceptors (Lipinski definition) is 1. The fourth-order valence-corrected chi connectivity index (χ4v) is 1.85. The highest BCUT2D eigenvalue weighted by molar-refractivity contribution is 5.73. The Labute approximate surface area is 92.7 Å². The van der Waals surface area contributed by atoms with E-state index in [4.69, 9.17) is 0 Å². The summed E-state index contributed by atoms with van der Waals surface area (Å²) in [6, 6.07) is 2.94. The Morgan fingerprint density at radius 2 is 2.12 bits per heavy atom. The summed E-state index contributed by atoms with van der Waals surface area (Å²) in [5.74, 6) is -0.930. The standard InChI is InChI=1S/C12H13F2NO/c1-7(16)15-12(8-2-3-8)10-6-9(13)4-5-11(10)14/h4-6,8,12H,2-3H2,1H3,(H,15,16). The van der Waals surface area contributed by atoms with Gasteiger partial charge in [-0.2, -0.15) is 0 Å². The van der Waals surface area contributed by atoms with Gasteiger partial charge in [-0.25, -0.2) is 8.78 Å². The fraction of sp³-hybridized carbons (Fsp3) is 0.417. The van der Waals surface area contributed by atoms with E-state index in [9.17, 15) is 13.6 Å². The summed E-state index contributed by atoms with van der Waals surface area (Å²) >= 11 is 0. The van der Waals surface area contributed by atoms with Crippen LogP contribution in [0.15, 0.2) is 18.2 Å². The number of nitrogens with one attached hydrogen (secondary N) is 1. The van der Waals surface area contributed by atoms with Crippen molar-refractivity contribution in [2.45, 2.75) is 25.8 Å². The van der Waals surface area contributed by atoms with Crippen LogP contribution >= 0.6 is 0 Å². The van der Waals surface area contributed by atoms with Gasteiger partial charge in [-0.1, -0.05) is 0 Å². The van der Waals surface area contributed by atoms with Gasteiger partial charge in [0.1, 0.15) is 11.6 Å². The van der Waals surface area contributed by atoms with Crippen molar-refractivity contribution in [3.8, 4) is 0 Å². The molecule has 0 radical (unpaired) electrons. The molecule has 1 amide bonds. The van der Waals surface area contributed by atoms with Crippen LogP contribution in [0.1, 0.15) is 31.4 Å². The molecule has 1 aliphatic rings. The third-order valence-electron chi connectivity index (χ3n) is 2.75. The van der Waals surface area contributed by atoms with Crippen molar-refractivity contribution in [3.05, 3.63) is 35.4 Å². The Bertz CT molecular complexity index is 415. The first kappa shape index (κ1) is 11.0. The van der Waals surface area contributed by atoms with Crippen LogP contribution in [0.2, 0.25) is 0 Å². The summed E-state index contributed by atoms with van der Waals surface area (Å²) in [6.45, 7) is 1.38. The lowest BCUT2D eigenvalue weighted by Crippen LogP contribution is -2.28. The van der Waals surface area contributed by atoms with Crippen LogP contribution < -0.4 is 5.32 Å². The largest absolute Gasteiger partial charge is 0.349 e. The summed E-state index contributed by atoms with van der Waals surface area (Å²) in [7, 11) is 0. The maximum Gasteiger partial charge on any atom is 0.217 e. The predicted molar refractivity (Wildman–Crippen MR) is 55.6 cm³/mol. The van der Waals surface area contributed by atoms with Gasteiger partial charge in [0.2, 0.25) is 5.91 Å². The van der Waals surface area contributed by atoms with Crippen LogP contribution in [0.3, 0.4) is 0 Å². The second kappa shape index (κ2) is 4.20. The molecule has 1 aromatic carbocycles. The van der Waals surface area contributed by atoms with Gasteiger partial charge in [0.25, 0.3) is 0 Å². The Kier molecular flexibility index (Phi) is 2.90. The highest BCUT2D eigenvalue weighted by Crippen LogP contribution is 2.41. The van der Waals surface area contributed by atoms with Crippen molar-refractivity contribution in [1.82, 2.24) is 5.32 Å². The van der Waals surface area contributed by atoms with Crippen molar-refractivity contribution in [2.24, 2.45) is 5.92 Å². The smallest absolute Gasteiger partial charge is 0.217 e. The highest BCUT2D eigenvalue weighted by atomic mass is 19.1. The zero-order valence-electron chi connectivity index (χ0n) is 8.97. The number of amides is 1. The van der Waals surface area contributed by atoms with Gasteiger partial charge in [-0.3, -0.25) is 4.79 Å². The lowest BCUT2D eigenvalue weighted by molar-refractivity contribution is -0.119. The van der Waals surface area contributed by atoms with Crippen molar-refractivity contribution in [3.63, 3.8) is 0 Å². The lowest BCUT2D eigenvalue weighted by atomic mass is 10.0. The first-order chi connectivity index (χ1) is 7.58. The van der Waals surface area contributed by atoms with Crippen LogP contribution in [0.25, 0.3) is 0 Å². The van der Waals surface area contributed by atoms with Crippen molar-refractivity contribution >= 4 is 5.91 Å². The van der Waals surface area contributed by atoms with Gasteiger partial charge >= 0.3 is 0 Å². The van der Waals surface area contributed by atoms with E-state index >= 15 is 0 Å². The summed E-state index contributed by atoms with van der Waals surface area (Å²) in [4.78, 5) is 11.0. The van der Waals surface area contributed by atoms with Gasteiger partial charge in [0, 0.05) is 12.5 Å². The van der Waals surface area contributed by atoms with E-state index in [-0.39, 0.29) is 17.4 Å². The molecule has 0 bridgehead atoms. The highest BCUT2D eigenvalue weighted by Gasteiger charge is 2.34. The van der Waals surface area contributed by atoms with E-state index in [0.717, 1.165) is 31.0 Å². The number of carbonyl (C=O) groups is 1. The Morgan fingerprint density at radius 3 is 2.69 bits per heavy atom.